The van der Waals surface area contributed by atoms with Crippen LogP contribution < -0.4 is 5.32 Å². The van der Waals surface area contributed by atoms with Gasteiger partial charge in [-0.15, -0.1) is 11.8 Å². The van der Waals surface area contributed by atoms with E-state index in [0.717, 1.165) is 28.5 Å². The Kier molecular flexibility index (Phi) is 6.99. The number of carbonyl (C=O) groups is 1. The average Bonchev–Trinajstić information content (AvgIpc) is 2.72. The van der Waals surface area contributed by atoms with Crippen LogP contribution in [0.2, 0.25) is 0 Å². The maximum Gasteiger partial charge on any atom is 0.258 e. The second kappa shape index (κ2) is 9.88. The van der Waals surface area contributed by atoms with Crippen LogP contribution in [-0.4, -0.2) is 15.9 Å². The van der Waals surface area contributed by atoms with Gasteiger partial charge in [0, 0.05) is 30.0 Å². The first-order valence-corrected chi connectivity index (χ1v) is 10.1. The van der Waals surface area contributed by atoms with Gasteiger partial charge >= 0.3 is 0 Å². The number of nitrogens with one attached hydrogen (secondary N) is 1. The summed E-state index contributed by atoms with van der Waals surface area (Å²) in [6.07, 6.45) is 8.69. The van der Waals surface area contributed by atoms with Gasteiger partial charge in [0.25, 0.3) is 5.91 Å². The Balaban J connectivity index is 1.66. The average molecular weight is 378 g/mol. The van der Waals surface area contributed by atoms with Crippen LogP contribution in [0.4, 0.5) is 5.69 Å². The van der Waals surface area contributed by atoms with Crippen molar-refractivity contribution in [2.24, 2.45) is 0 Å². The fourth-order valence-corrected chi connectivity index (χ4v) is 3.59. The van der Waals surface area contributed by atoms with Crippen molar-refractivity contribution in [3.05, 3.63) is 83.8 Å². The smallest absolute Gasteiger partial charge is 0.258 e. The molecule has 0 spiro atoms. The third-order valence-electron chi connectivity index (χ3n) is 4.17. The van der Waals surface area contributed by atoms with Gasteiger partial charge in [0.05, 0.1) is 5.56 Å². The Hall–Kier alpha value is -2.66. The number of rotatable bonds is 8. The quantitative estimate of drug-likeness (QED) is 0.537. The topological polar surface area (TPSA) is 54.9 Å². The van der Waals surface area contributed by atoms with Crippen LogP contribution in [-0.2, 0) is 12.2 Å². The minimum absolute atomic E-state index is 0.137. The first-order valence-electron chi connectivity index (χ1n) is 9.13. The van der Waals surface area contributed by atoms with Crippen LogP contribution in [0.15, 0.2) is 72.1 Å². The molecule has 3 rings (SSSR count). The van der Waals surface area contributed by atoms with Gasteiger partial charge in [0.2, 0.25) is 0 Å². The molecule has 0 saturated carbocycles. The monoisotopic (exact) mass is 377 g/mol. The fraction of sp³-hybridized carbons (Fsp3) is 0.227. The second-order valence-electron chi connectivity index (χ2n) is 6.25. The van der Waals surface area contributed by atoms with Crippen molar-refractivity contribution in [2.45, 2.75) is 37.0 Å². The number of unbranched alkanes of at least 4 members (excludes halogenated alkanes) is 1. The number of hydrogen-bond donors (Lipinski definition) is 1. The van der Waals surface area contributed by atoms with Crippen molar-refractivity contribution >= 4 is 23.4 Å². The SMILES string of the molecule is CCCCc1ccc(NC(=O)c2cccnc2SCc2ccncc2)cc1. The van der Waals surface area contributed by atoms with E-state index in [2.05, 4.69) is 34.3 Å². The molecule has 0 aliphatic heterocycles. The van der Waals surface area contributed by atoms with Gasteiger partial charge in [-0.1, -0.05) is 25.5 Å². The molecule has 1 amide bonds. The number of aryl methyl sites for hydroxylation is 1. The molecule has 0 aliphatic carbocycles. The van der Waals surface area contributed by atoms with Crippen LogP contribution >= 0.6 is 11.8 Å². The van der Waals surface area contributed by atoms with Crippen molar-refractivity contribution in [1.82, 2.24) is 9.97 Å². The third-order valence-corrected chi connectivity index (χ3v) is 5.25. The lowest BCUT2D eigenvalue weighted by atomic mass is 10.1. The number of anilines is 1. The minimum atomic E-state index is -0.137. The zero-order valence-corrected chi connectivity index (χ0v) is 16.2. The van der Waals surface area contributed by atoms with E-state index in [-0.39, 0.29) is 5.91 Å². The molecule has 3 aromatic rings. The highest BCUT2D eigenvalue weighted by molar-refractivity contribution is 7.98. The first-order chi connectivity index (χ1) is 13.3. The van der Waals surface area contributed by atoms with Gasteiger partial charge in [-0.05, 0) is 60.4 Å². The molecule has 5 heteroatoms. The van der Waals surface area contributed by atoms with Crippen molar-refractivity contribution in [3.8, 4) is 0 Å². The van der Waals surface area contributed by atoms with E-state index in [4.69, 9.17) is 0 Å². The number of pyridine rings is 2. The lowest BCUT2D eigenvalue weighted by Crippen LogP contribution is -2.13. The van der Waals surface area contributed by atoms with E-state index in [1.807, 2.05) is 30.3 Å². The van der Waals surface area contributed by atoms with E-state index >= 15 is 0 Å². The molecule has 0 fully saturated rings. The molecule has 2 aromatic heterocycles. The number of hydrogen-bond acceptors (Lipinski definition) is 4. The molecule has 1 N–H and O–H groups in total. The number of carbonyl (C=O) groups excluding carboxylic acids is 1. The molecule has 0 radical (unpaired) electrons. The van der Waals surface area contributed by atoms with Gasteiger partial charge in [-0.3, -0.25) is 9.78 Å². The van der Waals surface area contributed by atoms with Crippen molar-refractivity contribution < 1.29 is 4.79 Å². The number of amides is 1. The lowest BCUT2D eigenvalue weighted by Gasteiger charge is -2.10. The molecular weight excluding hydrogens is 354 g/mol. The van der Waals surface area contributed by atoms with Gasteiger partial charge in [-0.2, -0.15) is 0 Å². The third kappa shape index (κ3) is 5.66. The normalized spacial score (nSPS) is 10.6. The van der Waals surface area contributed by atoms with E-state index in [1.165, 1.54) is 18.4 Å². The molecular formula is C22H23N3OS. The van der Waals surface area contributed by atoms with Crippen molar-refractivity contribution in [1.29, 1.82) is 0 Å². The fourth-order valence-electron chi connectivity index (χ4n) is 2.64. The molecule has 0 aliphatic rings. The van der Waals surface area contributed by atoms with Gasteiger partial charge in [0.1, 0.15) is 5.03 Å². The van der Waals surface area contributed by atoms with Crippen LogP contribution in [0.3, 0.4) is 0 Å². The lowest BCUT2D eigenvalue weighted by molar-refractivity contribution is 0.102. The van der Waals surface area contributed by atoms with Gasteiger partial charge < -0.3 is 5.32 Å². The van der Waals surface area contributed by atoms with Crippen LogP contribution in [0, 0.1) is 0 Å². The second-order valence-corrected chi connectivity index (χ2v) is 7.22. The van der Waals surface area contributed by atoms with E-state index in [9.17, 15) is 4.79 Å². The largest absolute Gasteiger partial charge is 0.322 e. The highest BCUT2D eigenvalue weighted by Crippen LogP contribution is 2.25. The molecule has 0 atom stereocenters. The molecule has 0 bridgehead atoms. The number of nitrogens with zero attached hydrogens (tertiary/aromatic N) is 2. The highest BCUT2D eigenvalue weighted by Gasteiger charge is 2.13. The van der Waals surface area contributed by atoms with Gasteiger partial charge in [-0.25, -0.2) is 4.98 Å². The molecule has 138 valence electrons. The summed E-state index contributed by atoms with van der Waals surface area (Å²) in [5.74, 6) is 0.605. The Morgan fingerprint density at radius 3 is 2.52 bits per heavy atom. The zero-order valence-electron chi connectivity index (χ0n) is 15.4. The summed E-state index contributed by atoms with van der Waals surface area (Å²) in [5.41, 5.74) is 3.83. The Morgan fingerprint density at radius 2 is 1.78 bits per heavy atom. The van der Waals surface area contributed by atoms with Crippen LogP contribution in [0.1, 0.15) is 41.3 Å². The molecule has 27 heavy (non-hydrogen) atoms. The summed E-state index contributed by atoms with van der Waals surface area (Å²) in [4.78, 5) is 21.1. The Morgan fingerprint density at radius 1 is 1.00 bits per heavy atom. The summed E-state index contributed by atoms with van der Waals surface area (Å²) in [6, 6.07) is 15.6. The number of thioether (sulfide) groups is 1. The molecule has 0 saturated heterocycles. The Labute approximate surface area is 164 Å². The number of aromatic nitrogens is 2. The van der Waals surface area contributed by atoms with Crippen LogP contribution in [0.25, 0.3) is 0 Å². The maximum absolute atomic E-state index is 12.7. The summed E-state index contributed by atoms with van der Waals surface area (Å²) in [5, 5.41) is 3.71. The summed E-state index contributed by atoms with van der Waals surface area (Å²) in [6.45, 7) is 2.19. The highest BCUT2D eigenvalue weighted by atomic mass is 32.2. The molecule has 1 aromatic carbocycles. The van der Waals surface area contributed by atoms with E-state index in [0.29, 0.717) is 5.56 Å². The molecule has 4 nitrogen and oxygen atoms in total. The Bertz CT molecular complexity index is 866. The van der Waals surface area contributed by atoms with Crippen molar-refractivity contribution in [3.63, 3.8) is 0 Å². The standard InChI is InChI=1S/C22H23N3OS/c1-2-3-5-17-7-9-19(10-8-17)25-21(26)20-6-4-13-24-22(20)27-16-18-11-14-23-15-12-18/h4,6-15H,2-3,5,16H2,1H3,(H,25,26). The zero-order chi connectivity index (χ0) is 18.9. The summed E-state index contributed by atoms with van der Waals surface area (Å²) < 4.78 is 0. The molecule has 2 heterocycles. The van der Waals surface area contributed by atoms with E-state index < -0.39 is 0 Å². The maximum atomic E-state index is 12.7. The minimum Gasteiger partial charge on any atom is -0.322 e. The summed E-state index contributed by atoms with van der Waals surface area (Å²) >= 11 is 1.55. The first kappa shape index (κ1) is 19.1. The molecule has 0 unspecified atom stereocenters. The predicted molar refractivity (Wildman–Crippen MR) is 111 cm³/mol. The van der Waals surface area contributed by atoms with Crippen LogP contribution in [0.5, 0.6) is 0 Å². The summed E-state index contributed by atoms with van der Waals surface area (Å²) in [7, 11) is 0. The number of benzene rings is 1. The predicted octanol–water partition coefficient (Wildman–Crippen LogP) is 5.36. The van der Waals surface area contributed by atoms with Crippen molar-refractivity contribution in [2.75, 3.05) is 5.32 Å². The van der Waals surface area contributed by atoms with E-state index in [1.54, 1.807) is 36.4 Å². The van der Waals surface area contributed by atoms with Gasteiger partial charge in [0.15, 0.2) is 0 Å².